The maximum absolute atomic E-state index is 8.33. The van der Waals surface area contributed by atoms with Gasteiger partial charge in [-0.1, -0.05) is 18.2 Å². The molecular formula is C8H9NO2. The Bertz CT molecular complexity index is 233. The Morgan fingerprint density at radius 3 is 2.55 bits per heavy atom. The van der Waals surface area contributed by atoms with Gasteiger partial charge in [0.1, 0.15) is 0 Å². The van der Waals surface area contributed by atoms with E-state index in [1.165, 1.54) is 0 Å². The molecule has 0 amide bonds. The number of ether oxygens (including phenoxy) is 1. The average Bonchev–Trinajstić information content (AvgIpc) is 2.07. The van der Waals surface area contributed by atoms with Gasteiger partial charge in [-0.05, 0) is 12.1 Å². The van der Waals surface area contributed by atoms with Crippen LogP contribution in [0, 0.1) is 5.41 Å². The van der Waals surface area contributed by atoms with Crippen LogP contribution in [0.3, 0.4) is 0 Å². The second-order valence-corrected chi connectivity index (χ2v) is 1.97. The number of aliphatic hydroxyl groups excluding tert-OH is 1. The zero-order chi connectivity index (χ0) is 8.10. The lowest BCUT2D eigenvalue weighted by Crippen LogP contribution is -2.05. The Morgan fingerprint density at radius 2 is 2.00 bits per heavy atom. The smallest absolute Gasteiger partial charge is 0.215 e. The van der Waals surface area contributed by atoms with Crippen molar-refractivity contribution in [3.05, 3.63) is 35.9 Å². The summed E-state index contributed by atoms with van der Waals surface area (Å²) >= 11 is 0. The first-order valence-electron chi connectivity index (χ1n) is 3.22. The van der Waals surface area contributed by atoms with Gasteiger partial charge in [-0.25, -0.2) is 0 Å². The Balaban J connectivity index is 2.69. The molecule has 0 saturated heterocycles. The topological polar surface area (TPSA) is 53.3 Å². The monoisotopic (exact) mass is 151 g/mol. The van der Waals surface area contributed by atoms with Crippen LogP contribution in [0.15, 0.2) is 30.3 Å². The van der Waals surface area contributed by atoms with Crippen LogP contribution in [0.1, 0.15) is 5.56 Å². The molecule has 11 heavy (non-hydrogen) atoms. The van der Waals surface area contributed by atoms with Crippen molar-refractivity contribution in [2.75, 3.05) is 6.79 Å². The highest BCUT2D eigenvalue weighted by Crippen LogP contribution is 1.99. The predicted molar refractivity (Wildman–Crippen MR) is 41.4 cm³/mol. The fourth-order valence-electron chi connectivity index (χ4n) is 0.737. The fourth-order valence-corrected chi connectivity index (χ4v) is 0.737. The lowest BCUT2D eigenvalue weighted by molar-refractivity contribution is 0.0881. The molecule has 3 heteroatoms. The summed E-state index contributed by atoms with van der Waals surface area (Å²) < 4.78 is 4.57. The van der Waals surface area contributed by atoms with E-state index in [4.69, 9.17) is 10.5 Å². The van der Waals surface area contributed by atoms with E-state index in [2.05, 4.69) is 4.74 Å². The van der Waals surface area contributed by atoms with E-state index in [1.54, 1.807) is 12.1 Å². The summed E-state index contributed by atoms with van der Waals surface area (Å²) in [4.78, 5) is 0. The van der Waals surface area contributed by atoms with Crippen LogP contribution in [0.2, 0.25) is 0 Å². The molecule has 3 nitrogen and oxygen atoms in total. The van der Waals surface area contributed by atoms with Crippen molar-refractivity contribution < 1.29 is 9.84 Å². The first kappa shape index (κ1) is 7.75. The predicted octanol–water partition coefficient (Wildman–Crippen LogP) is 0.978. The third-order valence-corrected chi connectivity index (χ3v) is 1.24. The Hall–Kier alpha value is -1.35. The average molecular weight is 151 g/mol. The number of rotatable bonds is 2. The van der Waals surface area contributed by atoms with Gasteiger partial charge in [0.25, 0.3) is 0 Å². The number of nitrogens with one attached hydrogen (secondary N) is 1. The quantitative estimate of drug-likeness (QED) is 0.376. The Morgan fingerprint density at radius 1 is 1.36 bits per heavy atom. The molecule has 1 aromatic rings. The van der Waals surface area contributed by atoms with Gasteiger partial charge in [0.2, 0.25) is 5.90 Å². The lowest BCUT2D eigenvalue weighted by Gasteiger charge is -2.02. The molecule has 0 heterocycles. The molecule has 0 unspecified atom stereocenters. The largest absolute Gasteiger partial charge is 0.451 e. The van der Waals surface area contributed by atoms with Crippen molar-refractivity contribution in [2.24, 2.45) is 0 Å². The van der Waals surface area contributed by atoms with Crippen molar-refractivity contribution in [3.8, 4) is 0 Å². The van der Waals surface area contributed by atoms with Crippen LogP contribution < -0.4 is 0 Å². The van der Waals surface area contributed by atoms with Gasteiger partial charge >= 0.3 is 0 Å². The Kier molecular flexibility index (Phi) is 2.63. The molecule has 1 rings (SSSR count). The third kappa shape index (κ3) is 2.05. The van der Waals surface area contributed by atoms with Gasteiger partial charge in [-0.2, -0.15) is 0 Å². The molecule has 58 valence electrons. The zero-order valence-electron chi connectivity index (χ0n) is 5.95. The van der Waals surface area contributed by atoms with Gasteiger partial charge in [-0.3, -0.25) is 5.41 Å². The number of benzene rings is 1. The van der Waals surface area contributed by atoms with Crippen molar-refractivity contribution in [3.63, 3.8) is 0 Å². The number of aliphatic hydroxyl groups is 1. The van der Waals surface area contributed by atoms with Gasteiger partial charge in [-0.15, -0.1) is 0 Å². The first-order chi connectivity index (χ1) is 5.34. The van der Waals surface area contributed by atoms with Crippen molar-refractivity contribution in [1.29, 1.82) is 5.41 Å². The van der Waals surface area contributed by atoms with Crippen LogP contribution in [0.5, 0.6) is 0 Å². The molecule has 1 aromatic carbocycles. The molecule has 0 atom stereocenters. The van der Waals surface area contributed by atoms with Crippen molar-refractivity contribution in [2.45, 2.75) is 0 Å². The minimum atomic E-state index is -0.451. The minimum absolute atomic E-state index is 0.00639. The van der Waals surface area contributed by atoms with Gasteiger partial charge in [0.05, 0.1) is 0 Å². The molecule has 0 fully saturated rings. The summed E-state index contributed by atoms with van der Waals surface area (Å²) in [6.45, 7) is -0.451. The third-order valence-electron chi connectivity index (χ3n) is 1.24. The maximum atomic E-state index is 8.33. The van der Waals surface area contributed by atoms with E-state index in [-0.39, 0.29) is 5.90 Å². The van der Waals surface area contributed by atoms with Gasteiger partial charge in [0, 0.05) is 5.56 Å². The van der Waals surface area contributed by atoms with E-state index < -0.39 is 6.79 Å². The molecule has 0 saturated carbocycles. The van der Waals surface area contributed by atoms with E-state index in [0.29, 0.717) is 5.56 Å². The summed E-state index contributed by atoms with van der Waals surface area (Å²) in [6.07, 6.45) is 0. The first-order valence-corrected chi connectivity index (χ1v) is 3.22. The molecule has 0 aliphatic carbocycles. The molecule has 0 aromatic heterocycles. The minimum Gasteiger partial charge on any atom is -0.451 e. The second kappa shape index (κ2) is 3.73. The second-order valence-electron chi connectivity index (χ2n) is 1.97. The molecule has 0 spiro atoms. The summed E-state index contributed by atoms with van der Waals surface area (Å²) in [6, 6.07) is 8.97. The van der Waals surface area contributed by atoms with Crippen LogP contribution in [0.25, 0.3) is 0 Å². The van der Waals surface area contributed by atoms with Crippen LogP contribution >= 0.6 is 0 Å². The van der Waals surface area contributed by atoms with Gasteiger partial charge < -0.3 is 9.84 Å². The lowest BCUT2D eigenvalue weighted by atomic mass is 10.2. The molecule has 0 aliphatic heterocycles. The molecular weight excluding hydrogens is 142 g/mol. The zero-order valence-corrected chi connectivity index (χ0v) is 5.95. The van der Waals surface area contributed by atoms with E-state index in [9.17, 15) is 0 Å². The van der Waals surface area contributed by atoms with Crippen molar-refractivity contribution in [1.82, 2.24) is 0 Å². The highest BCUT2D eigenvalue weighted by Gasteiger charge is 1.98. The maximum Gasteiger partial charge on any atom is 0.215 e. The SMILES string of the molecule is N=C(OCO)c1ccccc1. The van der Waals surface area contributed by atoms with Gasteiger partial charge in [0.15, 0.2) is 6.79 Å². The molecule has 0 radical (unpaired) electrons. The summed E-state index contributed by atoms with van der Waals surface area (Å²) in [5, 5.41) is 15.6. The molecule has 2 N–H and O–H groups in total. The highest BCUT2D eigenvalue weighted by atomic mass is 16.6. The van der Waals surface area contributed by atoms with Crippen LogP contribution in [-0.4, -0.2) is 17.8 Å². The molecule has 0 bridgehead atoms. The fraction of sp³-hybridized carbons (Fsp3) is 0.125. The van der Waals surface area contributed by atoms with E-state index in [1.807, 2.05) is 18.2 Å². The number of hydrogen-bond acceptors (Lipinski definition) is 3. The van der Waals surface area contributed by atoms with Crippen LogP contribution in [-0.2, 0) is 4.74 Å². The summed E-state index contributed by atoms with van der Waals surface area (Å²) in [7, 11) is 0. The number of hydrogen-bond donors (Lipinski definition) is 2. The summed E-state index contributed by atoms with van der Waals surface area (Å²) in [5.41, 5.74) is 0.668. The standard InChI is InChI=1S/C8H9NO2/c9-8(11-6-10)7-4-2-1-3-5-7/h1-5,9-10H,6H2. The van der Waals surface area contributed by atoms with Crippen LogP contribution in [0.4, 0.5) is 0 Å². The van der Waals surface area contributed by atoms with E-state index in [0.717, 1.165) is 0 Å². The van der Waals surface area contributed by atoms with Crippen molar-refractivity contribution >= 4 is 5.90 Å². The molecule has 0 aliphatic rings. The normalized spacial score (nSPS) is 9.18. The Labute approximate surface area is 64.8 Å². The van der Waals surface area contributed by atoms with E-state index >= 15 is 0 Å². The highest BCUT2D eigenvalue weighted by molar-refractivity contribution is 5.91. The summed E-state index contributed by atoms with van der Waals surface area (Å²) in [5.74, 6) is -0.00639.